The Morgan fingerprint density at radius 2 is 2.09 bits per heavy atom. The van der Waals surface area contributed by atoms with Crippen molar-refractivity contribution in [1.29, 1.82) is 0 Å². The van der Waals surface area contributed by atoms with E-state index in [1.54, 1.807) is 17.5 Å². The van der Waals surface area contributed by atoms with Crippen LogP contribution < -0.4 is 0 Å². The highest BCUT2D eigenvalue weighted by molar-refractivity contribution is 7.18. The largest absolute Gasteiger partial charge is 0.237 e. The lowest BCUT2D eigenvalue weighted by Crippen LogP contribution is -1.82. The summed E-state index contributed by atoms with van der Waals surface area (Å²) in [6.45, 7) is 3.89. The molecule has 2 aromatic heterocycles. The monoisotopic (exact) mass is 165 g/mol. The van der Waals surface area contributed by atoms with E-state index in [0.29, 0.717) is 0 Å². The molecule has 0 bridgehead atoms. The van der Waals surface area contributed by atoms with Crippen molar-refractivity contribution < 1.29 is 0 Å². The van der Waals surface area contributed by atoms with Crippen molar-refractivity contribution in [3.8, 4) is 0 Å². The summed E-state index contributed by atoms with van der Waals surface area (Å²) in [6, 6.07) is 0. The fraction of sp³-hybridized carbons (Fsp3) is 0.286. The Kier molecular flexibility index (Phi) is 1.35. The summed E-state index contributed by atoms with van der Waals surface area (Å²) >= 11 is 1.58. The van der Waals surface area contributed by atoms with E-state index in [4.69, 9.17) is 0 Å². The Balaban J connectivity index is 2.82. The Morgan fingerprint density at radius 3 is 2.91 bits per heavy atom. The van der Waals surface area contributed by atoms with Crippen molar-refractivity contribution >= 4 is 21.8 Å². The van der Waals surface area contributed by atoms with Crippen LogP contribution in [0.1, 0.15) is 10.7 Å². The molecule has 2 aromatic rings. The molecule has 0 amide bonds. The second-order valence-corrected chi connectivity index (χ2v) is 3.55. The lowest BCUT2D eigenvalue weighted by molar-refractivity contribution is 1.17. The van der Waals surface area contributed by atoms with Crippen molar-refractivity contribution in [2.24, 2.45) is 0 Å². The van der Waals surface area contributed by atoms with Crippen LogP contribution in [0.5, 0.6) is 0 Å². The summed E-state index contributed by atoms with van der Waals surface area (Å²) in [5.41, 5.74) is 1.71. The number of nitrogens with zero attached hydrogens (tertiary/aromatic N) is 3. The highest BCUT2D eigenvalue weighted by Gasteiger charge is 2.01. The standard InChI is InChI=1S/C7H7N3S/c1-4-3-8-6-7(9-4)11-5(2)10-6/h3H,1-2H3. The molecule has 0 N–H and O–H groups in total. The van der Waals surface area contributed by atoms with Crippen molar-refractivity contribution in [3.05, 3.63) is 16.9 Å². The summed E-state index contributed by atoms with van der Waals surface area (Å²) < 4.78 is 0. The topological polar surface area (TPSA) is 38.7 Å². The Morgan fingerprint density at radius 1 is 1.27 bits per heavy atom. The van der Waals surface area contributed by atoms with E-state index in [1.165, 1.54) is 0 Å². The predicted octanol–water partition coefficient (Wildman–Crippen LogP) is 1.70. The van der Waals surface area contributed by atoms with Crippen molar-refractivity contribution in [3.63, 3.8) is 0 Å². The van der Waals surface area contributed by atoms with E-state index >= 15 is 0 Å². The number of fused-ring (bicyclic) bond motifs is 1. The third-order valence-corrected chi connectivity index (χ3v) is 2.20. The average molecular weight is 165 g/mol. The zero-order chi connectivity index (χ0) is 7.84. The lowest BCUT2D eigenvalue weighted by Gasteiger charge is -1.87. The predicted molar refractivity (Wildman–Crippen MR) is 44.7 cm³/mol. The summed E-state index contributed by atoms with van der Waals surface area (Å²) in [4.78, 5) is 13.6. The van der Waals surface area contributed by atoms with Gasteiger partial charge >= 0.3 is 0 Å². The van der Waals surface area contributed by atoms with Gasteiger partial charge in [-0.25, -0.2) is 15.0 Å². The van der Waals surface area contributed by atoms with E-state index in [2.05, 4.69) is 15.0 Å². The summed E-state index contributed by atoms with van der Waals surface area (Å²) in [5, 5.41) is 1.02. The minimum Gasteiger partial charge on any atom is -0.237 e. The number of rotatable bonds is 0. The molecule has 0 fully saturated rings. The van der Waals surface area contributed by atoms with Gasteiger partial charge in [-0.05, 0) is 13.8 Å². The summed E-state index contributed by atoms with van der Waals surface area (Å²) in [6.07, 6.45) is 1.74. The van der Waals surface area contributed by atoms with Crippen molar-refractivity contribution in [1.82, 2.24) is 15.0 Å². The SMILES string of the molecule is Cc1cnc2nc(C)sc2n1. The third-order valence-electron chi connectivity index (χ3n) is 1.35. The Bertz CT molecular complexity index is 393. The van der Waals surface area contributed by atoms with Gasteiger partial charge in [0, 0.05) is 0 Å². The van der Waals surface area contributed by atoms with Gasteiger partial charge in [0.05, 0.1) is 16.9 Å². The number of thiazole rings is 1. The molecular weight excluding hydrogens is 158 g/mol. The quantitative estimate of drug-likeness (QED) is 0.596. The molecule has 4 heteroatoms. The fourth-order valence-corrected chi connectivity index (χ4v) is 1.70. The van der Waals surface area contributed by atoms with E-state index in [-0.39, 0.29) is 0 Å². The molecule has 11 heavy (non-hydrogen) atoms. The van der Waals surface area contributed by atoms with E-state index in [9.17, 15) is 0 Å². The molecule has 0 atom stereocenters. The maximum absolute atomic E-state index is 4.29. The molecule has 0 spiro atoms. The molecule has 56 valence electrons. The van der Waals surface area contributed by atoms with Crippen LogP contribution in [-0.2, 0) is 0 Å². The maximum atomic E-state index is 4.29. The minimum absolute atomic E-state index is 0.762. The number of hydrogen-bond donors (Lipinski definition) is 0. The first-order chi connectivity index (χ1) is 5.25. The van der Waals surface area contributed by atoms with Gasteiger partial charge in [-0.3, -0.25) is 0 Å². The van der Waals surface area contributed by atoms with Gasteiger partial charge in [0.2, 0.25) is 0 Å². The van der Waals surface area contributed by atoms with Gasteiger partial charge in [0.1, 0.15) is 0 Å². The van der Waals surface area contributed by atoms with Crippen LogP contribution in [-0.4, -0.2) is 15.0 Å². The zero-order valence-electron chi connectivity index (χ0n) is 6.33. The molecule has 0 aromatic carbocycles. The molecule has 3 nitrogen and oxygen atoms in total. The normalized spacial score (nSPS) is 10.7. The minimum atomic E-state index is 0.762. The second kappa shape index (κ2) is 2.23. The molecule has 0 unspecified atom stereocenters. The van der Waals surface area contributed by atoms with Gasteiger partial charge in [0.25, 0.3) is 0 Å². The first kappa shape index (κ1) is 6.67. The van der Waals surface area contributed by atoms with Gasteiger partial charge < -0.3 is 0 Å². The van der Waals surface area contributed by atoms with Crippen LogP contribution in [0.3, 0.4) is 0 Å². The molecular formula is C7H7N3S. The third kappa shape index (κ3) is 1.09. The fourth-order valence-electron chi connectivity index (χ4n) is 0.906. The number of aromatic nitrogens is 3. The first-order valence-corrected chi connectivity index (χ1v) is 4.14. The van der Waals surface area contributed by atoms with E-state index in [0.717, 1.165) is 21.2 Å². The molecule has 0 saturated carbocycles. The van der Waals surface area contributed by atoms with Crippen molar-refractivity contribution in [2.75, 3.05) is 0 Å². The zero-order valence-corrected chi connectivity index (χ0v) is 7.14. The molecule has 2 heterocycles. The van der Waals surface area contributed by atoms with Gasteiger partial charge in [-0.15, -0.1) is 0 Å². The van der Waals surface area contributed by atoms with Gasteiger partial charge in [-0.2, -0.15) is 0 Å². The highest BCUT2D eigenvalue weighted by atomic mass is 32.1. The number of aryl methyl sites for hydroxylation is 2. The Labute approximate surface area is 68.1 Å². The summed E-state index contributed by atoms with van der Waals surface area (Å²) in [7, 11) is 0. The molecule has 0 aliphatic rings. The summed E-state index contributed by atoms with van der Waals surface area (Å²) in [5.74, 6) is 0. The van der Waals surface area contributed by atoms with Crippen LogP contribution in [0.15, 0.2) is 6.20 Å². The number of hydrogen-bond acceptors (Lipinski definition) is 4. The molecule has 0 radical (unpaired) electrons. The Hall–Kier alpha value is -1.03. The lowest BCUT2D eigenvalue weighted by atomic mass is 10.5. The van der Waals surface area contributed by atoms with E-state index in [1.807, 2.05) is 13.8 Å². The first-order valence-electron chi connectivity index (χ1n) is 3.32. The average Bonchev–Trinajstić information content (AvgIpc) is 2.27. The van der Waals surface area contributed by atoms with Gasteiger partial charge in [0.15, 0.2) is 10.5 Å². The van der Waals surface area contributed by atoms with Crippen LogP contribution in [0.4, 0.5) is 0 Å². The molecule has 0 saturated heterocycles. The van der Waals surface area contributed by atoms with Crippen LogP contribution in [0, 0.1) is 13.8 Å². The molecule has 0 aliphatic carbocycles. The highest BCUT2D eigenvalue weighted by Crippen LogP contribution is 2.16. The van der Waals surface area contributed by atoms with Gasteiger partial charge in [-0.1, -0.05) is 11.3 Å². The smallest absolute Gasteiger partial charge is 0.189 e. The maximum Gasteiger partial charge on any atom is 0.189 e. The van der Waals surface area contributed by atoms with E-state index < -0.39 is 0 Å². The molecule has 2 rings (SSSR count). The van der Waals surface area contributed by atoms with Crippen LogP contribution in [0.2, 0.25) is 0 Å². The van der Waals surface area contributed by atoms with Crippen molar-refractivity contribution in [2.45, 2.75) is 13.8 Å². The second-order valence-electron chi connectivity index (χ2n) is 2.37. The van der Waals surface area contributed by atoms with Crippen LogP contribution >= 0.6 is 11.3 Å². The molecule has 0 aliphatic heterocycles. The van der Waals surface area contributed by atoms with Crippen LogP contribution in [0.25, 0.3) is 10.5 Å².